The summed E-state index contributed by atoms with van der Waals surface area (Å²) >= 11 is 0. The Morgan fingerprint density at radius 2 is 1.32 bits per heavy atom. The summed E-state index contributed by atoms with van der Waals surface area (Å²) < 4.78 is 5.31. The fraction of sp³-hybridized carbons (Fsp3) is 0.758. The summed E-state index contributed by atoms with van der Waals surface area (Å²) in [6, 6.07) is 4.34. The van der Waals surface area contributed by atoms with Gasteiger partial charge < -0.3 is 10.1 Å². The molecule has 212 valence electrons. The normalized spacial score (nSPS) is 12.6. The zero-order valence-corrected chi connectivity index (χ0v) is 24.7. The molecule has 0 fully saturated rings. The van der Waals surface area contributed by atoms with Crippen molar-refractivity contribution in [1.82, 2.24) is 10.3 Å². The molecule has 0 aliphatic carbocycles. The molecule has 37 heavy (non-hydrogen) atoms. The molecule has 1 amide bonds. The van der Waals surface area contributed by atoms with Crippen LogP contribution in [0.1, 0.15) is 155 Å². The Labute approximate surface area is 229 Å². The summed E-state index contributed by atoms with van der Waals surface area (Å²) in [6.45, 7) is 8.63. The number of aromatic nitrogens is 1. The first-order valence-corrected chi connectivity index (χ1v) is 15.4. The molecule has 0 bridgehead atoms. The summed E-state index contributed by atoms with van der Waals surface area (Å²) in [7, 11) is 0. The molecule has 1 unspecified atom stereocenters. The number of carbonyl (C=O) groups excluding carboxylic acids is 1. The van der Waals surface area contributed by atoms with Crippen molar-refractivity contribution < 1.29 is 9.53 Å². The number of ether oxygens (including phenoxy) is 1. The predicted octanol–water partition coefficient (Wildman–Crippen LogP) is 10.3. The van der Waals surface area contributed by atoms with Crippen molar-refractivity contribution in [3.05, 3.63) is 42.2 Å². The van der Waals surface area contributed by atoms with Gasteiger partial charge in [-0.1, -0.05) is 89.7 Å². The average Bonchev–Trinajstić information content (AvgIpc) is 2.86. The van der Waals surface area contributed by atoms with Crippen LogP contribution in [0, 0.1) is 0 Å². The van der Waals surface area contributed by atoms with Crippen molar-refractivity contribution in [3.63, 3.8) is 0 Å². The lowest BCUT2D eigenvalue weighted by Crippen LogP contribution is -2.33. The number of nitrogens with one attached hydrogen (secondary N) is 1. The molecular formula is C33H58N2O2. The second-order valence-electron chi connectivity index (χ2n) is 11.6. The minimum absolute atomic E-state index is 0.317. The smallest absolute Gasteiger partial charge is 0.407 e. The average molecular weight is 515 g/mol. The molecule has 1 aromatic rings. The maximum Gasteiger partial charge on any atom is 0.407 e. The molecule has 1 rings (SSSR count). The number of unbranched alkanes of at least 4 members (excludes halogenated alkanes) is 13. The van der Waals surface area contributed by atoms with Crippen molar-refractivity contribution in [2.24, 2.45) is 0 Å². The molecule has 0 saturated heterocycles. The minimum Gasteiger partial charge on any atom is -0.444 e. The lowest BCUT2D eigenvalue weighted by atomic mass is 9.89. The molecular weight excluding hydrogens is 456 g/mol. The third-order valence-corrected chi connectivity index (χ3v) is 6.89. The molecule has 0 aliphatic rings. The number of rotatable bonds is 22. The maximum atomic E-state index is 11.8. The molecule has 0 aliphatic heterocycles. The molecule has 0 saturated carbocycles. The van der Waals surface area contributed by atoms with Gasteiger partial charge in [-0.05, 0) is 89.3 Å². The molecule has 1 aromatic heterocycles. The molecule has 0 aromatic carbocycles. The summed E-state index contributed by atoms with van der Waals surface area (Å²) in [5.74, 6) is 0.585. The van der Waals surface area contributed by atoms with Gasteiger partial charge in [0.2, 0.25) is 0 Å². The number of hydrogen-bond acceptors (Lipinski definition) is 3. The molecule has 4 nitrogen and oxygen atoms in total. The summed E-state index contributed by atoms with van der Waals surface area (Å²) in [4.78, 5) is 16.0. The Morgan fingerprint density at radius 1 is 0.811 bits per heavy atom. The highest BCUT2D eigenvalue weighted by Gasteiger charge is 2.16. The molecule has 0 spiro atoms. The zero-order valence-electron chi connectivity index (χ0n) is 24.7. The number of alkyl carbamates (subject to hydrolysis) is 1. The number of amides is 1. The van der Waals surface area contributed by atoms with Crippen molar-refractivity contribution in [3.8, 4) is 0 Å². The largest absolute Gasteiger partial charge is 0.444 e. The van der Waals surface area contributed by atoms with Crippen LogP contribution in [0.5, 0.6) is 0 Å². The van der Waals surface area contributed by atoms with Crippen LogP contribution in [-0.4, -0.2) is 23.2 Å². The Bertz CT molecular complexity index is 681. The van der Waals surface area contributed by atoms with Gasteiger partial charge in [0.1, 0.15) is 5.60 Å². The van der Waals surface area contributed by atoms with Crippen molar-refractivity contribution in [2.45, 2.75) is 155 Å². The quantitative estimate of drug-likeness (QED) is 0.124. The first kappa shape index (κ1) is 33.2. The SMILES string of the molecule is CCCCCCCC/C=C/CCCCCCCCC(CCCCNC(=O)OC(C)(C)C)c1ccncc1. The first-order valence-electron chi connectivity index (χ1n) is 15.4. The molecule has 0 radical (unpaired) electrons. The van der Waals surface area contributed by atoms with Crippen LogP contribution in [0.15, 0.2) is 36.7 Å². The number of nitrogens with zero attached hydrogens (tertiary/aromatic N) is 1. The standard InChI is InChI=1S/C33H58N2O2/c1-5-6-7-8-9-10-11-12-13-14-15-16-17-18-19-20-23-30(31-25-28-34-29-26-31)24-21-22-27-35-32(36)37-33(2,3)4/h12-13,25-26,28-30H,5-11,14-24,27H2,1-4H3,(H,35,36)/b13-12+. The van der Waals surface area contributed by atoms with Crippen molar-refractivity contribution in [2.75, 3.05) is 6.54 Å². The number of carbonyl (C=O) groups is 1. The van der Waals surface area contributed by atoms with Gasteiger partial charge in [-0.15, -0.1) is 0 Å². The van der Waals surface area contributed by atoms with E-state index in [9.17, 15) is 4.79 Å². The number of hydrogen-bond donors (Lipinski definition) is 1. The third kappa shape index (κ3) is 20.9. The van der Waals surface area contributed by atoms with Crippen LogP contribution >= 0.6 is 0 Å². The van der Waals surface area contributed by atoms with Gasteiger partial charge in [0, 0.05) is 18.9 Å². The molecule has 1 N–H and O–H groups in total. The van der Waals surface area contributed by atoms with E-state index in [1.807, 2.05) is 33.2 Å². The summed E-state index contributed by atoms with van der Waals surface area (Å²) in [5, 5.41) is 2.88. The fourth-order valence-electron chi connectivity index (χ4n) is 4.77. The lowest BCUT2D eigenvalue weighted by molar-refractivity contribution is 0.0527. The minimum atomic E-state index is -0.444. The first-order chi connectivity index (χ1) is 17.9. The predicted molar refractivity (Wildman–Crippen MR) is 159 cm³/mol. The number of pyridine rings is 1. The Morgan fingerprint density at radius 3 is 1.89 bits per heavy atom. The van der Waals surface area contributed by atoms with Gasteiger partial charge in [0.05, 0.1) is 0 Å². The molecule has 1 heterocycles. The van der Waals surface area contributed by atoms with Crippen LogP contribution in [-0.2, 0) is 4.74 Å². The summed E-state index contributed by atoms with van der Waals surface area (Å²) in [6.07, 6.45) is 31.7. The Hall–Kier alpha value is -1.84. The Kier molecular flexibility index (Phi) is 19.9. The van der Waals surface area contributed by atoms with E-state index in [0.29, 0.717) is 12.5 Å². The lowest BCUT2D eigenvalue weighted by Gasteiger charge is -2.20. The highest BCUT2D eigenvalue weighted by Crippen LogP contribution is 2.28. The second-order valence-corrected chi connectivity index (χ2v) is 11.6. The van der Waals surface area contributed by atoms with E-state index in [1.165, 1.54) is 102 Å². The van der Waals surface area contributed by atoms with Crippen LogP contribution in [0.4, 0.5) is 4.79 Å². The maximum absolute atomic E-state index is 11.8. The highest BCUT2D eigenvalue weighted by molar-refractivity contribution is 5.67. The van der Waals surface area contributed by atoms with Crippen molar-refractivity contribution in [1.29, 1.82) is 0 Å². The van der Waals surface area contributed by atoms with E-state index in [-0.39, 0.29) is 6.09 Å². The zero-order chi connectivity index (χ0) is 27.0. The van der Waals surface area contributed by atoms with E-state index in [2.05, 4.69) is 41.5 Å². The van der Waals surface area contributed by atoms with Gasteiger partial charge in [-0.2, -0.15) is 0 Å². The van der Waals surface area contributed by atoms with Crippen LogP contribution in [0.25, 0.3) is 0 Å². The van der Waals surface area contributed by atoms with Crippen molar-refractivity contribution >= 4 is 6.09 Å². The second kappa shape index (κ2) is 22.2. The monoisotopic (exact) mass is 514 g/mol. The molecule has 4 heteroatoms. The van der Waals surface area contributed by atoms with Crippen LogP contribution in [0.2, 0.25) is 0 Å². The topological polar surface area (TPSA) is 51.2 Å². The summed E-state index contributed by atoms with van der Waals surface area (Å²) in [5.41, 5.74) is 0.961. The van der Waals surface area contributed by atoms with Gasteiger partial charge in [0.25, 0.3) is 0 Å². The van der Waals surface area contributed by atoms with E-state index in [0.717, 1.165) is 19.3 Å². The van der Waals surface area contributed by atoms with Gasteiger partial charge in [-0.3, -0.25) is 4.98 Å². The van der Waals surface area contributed by atoms with E-state index < -0.39 is 5.60 Å². The third-order valence-electron chi connectivity index (χ3n) is 6.89. The fourth-order valence-corrected chi connectivity index (χ4v) is 4.77. The Balaban J connectivity index is 2.10. The van der Waals surface area contributed by atoms with Gasteiger partial charge in [-0.25, -0.2) is 4.79 Å². The van der Waals surface area contributed by atoms with Gasteiger partial charge >= 0.3 is 6.09 Å². The van der Waals surface area contributed by atoms with Crippen LogP contribution < -0.4 is 5.32 Å². The highest BCUT2D eigenvalue weighted by atomic mass is 16.6. The van der Waals surface area contributed by atoms with E-state index in [1.54, 1.807) is 0 Å². The van der Waals surface area contributed by atoms with Gasteiger partial charge in [0.15, 0.2) is 0 Å². The van der Waals surface area contributed by atoms with E-state index >= 15 is 0 Å². The van der Waals surface area contributed by atoms with Crippen LogP contribution in [0.3, 0.4) is 0 Å². The number of allylic oxidation sites excluding steroid dienone is 2. The molecule has 1 atom stereocenters. The van der Waals surface area contributed by atoms with E-state index in [4.69, 9.17) is 4.74 Å².